The number of nitrogens with zero attached hydrogens (tertiary/aromatic N) is 3. The molecule has 9 heteroatoms. The molecule has 0 atom stereocenters. The summed E-state index contributed by atoms with van der Waals surface area (Å²) >= 11 is 0. The van der Waals surface area contributed by atoms with Crippen molar-refractivity contribution in [1.29, 1.82) is 0 Å². The summed E-state index contributed by atoms with van der Waals surface area (Å²) < 4.78 is 16.1. The van der Waals surface area contributed by atoms with Gasteiger partial charge in [0, 0.05) is 52.4 Å². The van der Waals surface area contributed by atoms with Gasteiger partial charge in [-0.3, -0.25) is 19.4 Å². The third-order valence-corrected chi connectivity index (χ3v) is 5.74. The Labute approximate surface area is 176 Å². The second-order valence-corrected chi connectivity index (χ2v) is 7.82. The van der Waals surface area contributed by atoms with Gasteiger partial charge in [-0.1, -0.05) is 6.07 Å². The molecule has 0 spiro atoms. The zero-order chi connectivity index (χ0) is 20.8. The summed E-state index contributed by atoms with van der Waals surface area (Å²) in [5.74, 6) is 0.641. The molecule has 1 aromatic rings. The number of amides is 2. The summed E-state index contributed by atoms with van der Waals surface area (Å²) in [5, 5.41) is 2.77. The van der Waals surface area contributed by atoms with Crippen LogP contribution in [0, 0.1) is 0 Å². The predicted molar refractivity (Wildman–Crippen MR) is 109 cm³/mol. The number of piperazine rings is 1. The highest BCUT2D eigenvalue weighted by atomic mass is 16.7. The van der Waals surface area contributed by atoms with Gasteiger partial charge in [0.2, 0.25) is 6.79 Å². The molecular formula is C21H30N4O5. The second-order valence-electron chi connectivity index (χ2n) is 7.82. The maximum atomic E-state index is 12.4. The number of morpholine rings is 1. The van der Waals surface area contributed by atoms with Crippen molar-refractivity contribution in [3.8, 4) is 11.5 Å². The van der Waals surface area contributed by atoms with E-state index in [1.54, 1.807) is 4.90 Å². The zero-order valence-corrected chi connectivity index (χ0v) is 17.3. The average molecular weight is 418 g/mol. The number of benzene rings is 1. The van der Waals surface area contributed by atoms with Gasteiger partial charge in [0.25, 0.3) is 0 Å². The third kappa shape index (κ3) is 5.41. The Morgan fingerprint density at radius 1 is 0.933 bits per heavy atom. The van der Waals surface area contributed by atoms with E-state index in [1.165, 1.54) is 0 Å². The summed E-state index contributed by atoms with van der Waals surface area (Å²) in [7, 11) is 0. The van der Waals surface area contributed by atoms with E-state index in [9.17, 15) is 9.59 Å². The van der Waals surface area contributed by atoms with Gasteiger partial charge in [0.1, 0.15) is 0 Å². The first-order chi connectivity index (χ1) is 14.7. The predicted octanol–water partition coefficient (Wildman–Crippen LogP) is -0.102. The molecule has 3 aliphatic rings. The van der Waals surface area contributed by atoms with E-state index in [4.69, 9.17) is 14.2 Å². The molecule has 164 valence electrons. The number of rotatable bonds is 6. The van der Waals surface area contributed by atoms with Gasteiger partial charge >= 0.3 is 11.8 Å². The van der Waals surface area contributed by atoms with Gasteiger partial charge in [-0.2, -0.15) is 0 Å². The maximum absolute atomic E-state index is 12.4. The monoisotopic (exact) mass is 418 g/mol. The van der Waals surface area contributed by atoms with E-state index in [-0.39, 0.29) is 6.79 Å². The lowest BCUT2D eigenvalue weighted by atomic mass is 10.1. The van der Waals surface area contributed by atoms with Crippen LogP contribution >= 0.6 is 0 Å². The number of hydrogen-bond donors (Lipinski definition) is 1. The average Bonchev–Trinajstić information content (AvgIpc) is 3.25. The Morgan fingerprint density at radius 3 is 2.50 bits per heavy atom. The van der Waals surface area contributed by atoms with Crippen molar-refractivity contribution in [2.75, 3.05) is 72.4 Å². The van der Waals surface area contributed by atoms with Crippen molar-refractivity contribution < 1.29 is 23.8 Å². The van der Waals surface area contributed by atoms with Gasteiger partial charge in [0.05, 0.1) is 13.2 Å². The van der Waals surface area contributed by atoms with E-state index < -0.39 is 11.8 Å². The molecule has 0 unspecified atom stereocenters. The first-order valence-corrected chi connectivity index (χ1v) is 10.7. The summed E-state index contributed by atoms with van der Waals surface area (Å²) in [6, 6.07) is 5.97. The lowest BCUT2D eigenvalue weighted by molar-refractivity contribution is -0.147. The number of carbonyl (C=O) groups excluding carboxylic acids is 2. The molecule has 9 nitrogen and oxygen atoms in total. The molecule has 1 aromatic carbocycles. The first kappa shape index (κ1) is 20.9. The van der Waals surface area contributed by atoms with Crippen molar-refractivity contribution in [3.05, 3.63) is 23.8 Å². The lowest BCUT2D eigenvalue weighted by Crippen LogP contribution is -2.52. The summed E-state index contributed by atoms with van der Waals surface area (Å²) in [4.78, 5) is 30.9. The fourth-order valence-corrected chi connectivity index (χ4v) is 3.96. The van der Waals surface area contributed by atoms with Crippen molar-refractivity contribution in [1.82, 2.24) is 20.0 Å². The van der Waals surface area contributed by atoms with Crippen LogP contribution in [0.25, 0.3) is 0 Å². The largest absolute Gasteiger partial charge is 0.454 e. The molecule has 1 N–H and O–H groups in total. The van der Waals surface area contributed by atoms with Gasteiger partial charge in [0.15, 0.2) is 11.5 Å². The Morgan fingerprint density at radius 2 is 1.70 bits per heavy atom. The van der Waals surface area contributed by atoms with Crippen LogP contribution in [0.4, 0.5) is 0 Å². The third-order valence-electron chi connectivity index (χ3n) is 5.74. The molecule has 3 aliphatic heterocycles. The van der Waals surface area contributed by atoms with Crippen LogP contribution in [-0.4, -0.2) is 98.9 Å². The highest BCUT2D eigenvalue weighted by Gasteiger charge is 2.26. The van der Waals surface area contributed by atoms with Crippen LogP contribution in [0.15, 0.2) is 18.2 Å². The highest BCUT2D eigenvalue weighted by molar-refractivity contribution is 6.35. The number of fused-ring (bicyclic) bond motifs is 1. The lowest BCUT2D eigenvalue weighted by Gasteiger charge is -2.34. The van der Waals surface area contributed by atoms with Crippen molar-refractivity contribution in [2.45, 2.75) is 13.0 Å². The topological polar surface area (TPSA) is 83.6 Å². The molecule has 0 radical (unpaired) electrons. The zero-order valence-electron chi connectivity index (χ0n) is 17.3. The molecule has 0 saturated carbocycles. The van der Waals surface area contributed by atoms with Crippen molar-refractivity contribution in [2.24, 2.45) is 0 Å². The van der Waals surface area contributed by atoms with Crippen LogP contribution in [0.3, 0.4) is 0 Å². The minimum Gasteiger partial charge on any atom is -0.454 e. The molecule has 2 fully saturated rings. The van der Waals surface area contributed by atoms with Crippen molar-refractivity contribution in [3.63, 3.8) is 0 Å². The quantitative estimate of drug-likeness (QED) is 0.510. The van der Waals surface area contributed by atoms with E-state index in [1.807, 2.05) is 18.2 Å². The standard InChI is InChI=1S/C21H30N4O5/c26-20(22-4-1-5-23-10-12-28-13-11-23)21(27)25-8-6-24(7-9-25)15-17-2-3-18-19(14-17)30-16-29-18/h2-3,14H,1,4-13,15-16H2,(H,22,26). The molecular weight excluding hydrogens is 388 g/mol. The van der Waals surface area contributed by atoms with E-state index >= 15 is 0 Å². The Balaban J connectivity index is 1.14. The van der Waals surface area contributed by atoms with Gasteiger partial charge < -0.3 is 24.4 Å². The molecule has 2 amide bonds. The van der Waals surface area contributed by atoms with Crippen LogP contribution in [-0.2, 0) is 20.9 Å². The summed E-state index contributed by atoms with van der Waals surface area (Å²) in [6.45, 7) is 8.50. The Hall–Kier alpha value is -2.36. The number of carbonyl (C=O) groups is 2. The second kappa shape index (κ2) is 10.1. The fourth-order valence-electron chi connectivity index (χ4n) is 3.96. The van der Waals surface area contributed by atoms with E-state index in [0.29, 0.717) is 19.6 Å². The minimum absolute atomic E-state index is 0.273. The molecule has 4 rings (SSSR count). The fraction of sp³-hybridized carbons (Fsp3) is 0.619. The molecule has 0 aromatic heterocycles. The number of ether oxygens (including phenoxy) is 3. The number of nitrogens with one attached hydrogen (secondary N) is 1. The SMILES string of the molecule is O=C(NCCCN1CCOCC1)C(=O)N1CCN(Cc2ccc3c(c2)OCO3)CC1. The van der Waals surface area contributed by atoms with Crippen LogP contribution in [0.5, 0.6) is 11.5 Å². The van der Waals surface area contributed by atoms with Crippen LogP contribution in [0.1, 0.15) is 12.0 Å². The number of hydrogen-bond acceptors (Lipinski definition) is 7. The molecule has 0 bridgehead atoms. The van der Waals surface area contributed by atoms with Gasteiger partial charge in [-0.25, -0.2) is 0 Å². The van der Waals surface area contributed by atoms with Crippen LogP contribution in [0.2, 0.25) is 0 Å². The smallest absolute Gasteiger partial charge is 0.311 e. The molecule has 30 heavy (non-hydrogen) atoms. The molecule has 2 saturated heterocycles. The first-order valence-electron chi connectivity index (χ1n) is 10.7. The van der Waals surface area contributed by atoms with Crippen LogP contribution < -0.4 is 14.8 Å². The highest BCUT2D eigenvalue weighted by Crippen LogP contribution is 2.32. The summed E-state index contributed by atoms with van der Waals surface area (Å²) in [5.41, 5.74) is 1.15. The Bertz CT molecular complexity index is 745. The van der Waals surface area contributed by atoms with E-state index in [0.717, 1.165) is 76.0 Å². The molecule has 3 heterocycles. The Kier molecular flexibility index (Phi) is 7.03. The van der Waals surface area contributed by atoms with Crippen molar-refractivity contribution >= 4 is 11.8 Å². The normalized spacial score (nSPS) is 19.7. The van der Waals surface area contributed by atoms with Gasteiger partial charge in [-0.15, -0.1) is 0 Å². The van der Waals surface area contributed by atoms with E-state index in [2.05, 4.69) is 15.1 Å². The summed E-state index contributed by atoms with van der Waals surface area (Å²) in [6.07, 6.45) is 0.836. The molecule has 0 aliphatic carbocycles. The maximum Gasteiger partial charge on any atom is 0.311 e. The van der Waals surface area contributed by atoms with Gasteiger partial charge in [-0.05, 0) is 30.7 Å². The minimum atomic E-state index is -0.499.